The van der Waals surface area contributed by atoms with Gasteiger partial charge < -0.3 is 5.11 Å². The van der Waals surface area contributed by atoms with E-state index in [1.807, 2.05) is 0 Å². The lowest BCUT2D eigenvalue weighted by Gasteiger charge is -2.20. The Balaban J connectivity index is 2.17. The van der Waals surface area contributed by atoms with E-state index in [0.29, 0.717) is 22.3 Å². The number of alkyl halides is 3. The first kappa shape index (κ1) is 15.5. The third-order valence-electron chi connectivity index (χ3n) is 3.58. The normalized spacial score (nSPS) is 15.3. The fraction of sp³-hybridized carbons (Fsp3) is 0.133. The number of fused-ring (bicyclic) bond motifs is 3. The van der Waals surface area contributed by atoms with E-state index in [1.54, 1.807) is 48.5 Å². The molecule has 120 valence electrons. The average Bonchev–Trinajstić information content (AvgIpc) is 2.80. The van der Waals surface area contributed by atoms with Crippen LogP contribution in [-0.2, 0) is 10.0 Å². The predicted molar refractivity (Wildman–Crippen MR) is 76.1 cm³/mol. The van der Waals surface area contributed by atoms with Crippen molar-refractivity contribution in [2.45, 2.75) is 11.4 Å². The number of nitrogens with zero attached hydrogens (tertiary/aromatic N) is 1. The molecule has 0 aliphatic heterocycles. The Morgan fingerprint density at radius 1 is 0.957 bits per heavy atom. The summed E-state index contributed by atoms with van der Waals surface area (Å²) in [6.07, 6.45) is 0. The molecule has 1 aliphatic rings. The van der Waals surface area contributed by atoms with Crippen molar-refractivity contribution in [3.63, 3.8) is 0 Å². The van der Waals surface area contributed by atoms with E-state index in [2.05, 4.69) is 4.40 Å². The third-order valence-corrected chi connectivity index (χ3v) is 4.59. The lowest BCUT2D eigenvalue weighted by atomic mass is 9.97. The highest BCUT2D eigenvalue weighted by atomic mass is 32.2. The third kappa shape index (κ3) is 2.48. The van der Waals surface area contributed by atoms with Crippen molar-refractivity contribution in [2.75, 3.05) is 0 Å². The summed E-state index contributed by atoms with van der Waals surface area (Å²) in [5.41, 5.74) is -3.35. The minimum Gasteiger partial charge on any atom is -0.860 e. The zero-order chi connectivity index (χ0) is 16.8. The first-order chi connectivity index (χ1) is 10.7. The van der Waals surface area contributed by atoms with Crippen LogP contribution in [0.5, 0.6) is 0 Å². The molecule has 4 nitrogen and oxygen atoms in total. The highest BCUT2D eigenvalue weighted by Gasteiger charge is 2.46. The van der Waals surface area contributed by atoms with Crippen molar-refractivity contribution in [1.82, 2.24) is 0 Å². The molecule has 2 aromatic rings. The SMILES string of the molecule is O=S(=O)(/N=C(\[O-])C1c2ccccc2-c2ccccc21)C(F)(F)F. The monoisotopic (exact) mass is 340 g/mol. The van der Waals surface area contributed by atoms with Crippen LogP contribution in [0.25, 0.3) is 11.1 Å². The fourth-order valence-corrected chi connectivity index (χ4v) is 3.09. The van der Waals surface area contributed by atoms with Crippen molar-refractivity contribution in [3.05, 3.63) is 59.7 Å². The lowest BCUT2D eigenvalue weighted by Crippen LogP contribution is -2.30. The Bertz CT molecular complexity index is 859. The number of halogens is 3. The largest absolute Gasteiger partial charge is 0.860 e. The van der Waals surface area contributed by atoms with Crippen molar-refractivity contribution in [3.8, 4) is 11.1 Å². The van der Waals surface area contributed by atoms with Crippen molar-refractivity contribution < 1.29 is 26.7 Å². The molecule has 0 radical (unpaired) electrons. The molecule has 8 heteroatoms. The summed E-state index contributed by atoms with van der Waals surface area (Å²) >= 11 is 0. The molecule has 1 aliphatic carbocycles. The van der Waals surface area contributed by atoms with Crippen LogP contribution in [0, 0.1) is 0 Å². The molecule has 0 N–H and O–H groups in total. The summed E-state index contributed by atoms with van der Waals surface area (Å²) in [6, 6.07) is 13.3. The number of hydrogen-bond donors (Lipinski definition) is 0. The quantitative estimate of drug-likeness (QED) is 0.623. The number of hydrogen-bond acceptors (Lipinski definition) is 3. The molecule has 0 saturated heterocycles. The van der Waals surface area contributed by atoms with E-state index in [9.17, 15) is 26.7 Å². The summed E-state index contributed by atoms with van der Waals surface area (Å²) in [4.78, 5) is 0. The maximum Gasteiger partial charge on any atom is 0.518 e. The van der Waals surface area contributed by atoms with Gasteiger partial charge in [0.25, 0.3) is 0 Å². The van der Waals surface area contributed by atoms with Gasteiger partial charge >= 0.3 is 15.5 Å². The van der Waals surface area contributed by atoms with Gasteiger partial charge in [0.1, 0.15) is 0 Å². The van der Waals surface area contributed by atoms with E-state index in [0.717, 1.165) is 0 Å². The van der Waals surface area contributed by atoms with Crippen LogP contribution in [0.15, 0.2) is 52.9 Å². The highest BCUT2D eigenvalue weighted by molar-refractivity contribution is 7.91. The summed E-state index contributed by atoms with van der Waals surface area (Å²) in [5, 5.41) is 12.2. The van der Waals surface area contributed by atoms with Gasteiger partial charge in [-0.05, 0) is 28.2 Å². The summed E-state index contributed by atoms with van der Waals surface area (Å²) in [6.45, 7) is 0. The fourth-order valence-electron chi connectivity index (χ4n) is 2.64. The topological polar surface area (TPSA) is 69.6 Å². The summed E-state index contributed by atoms with van der Waals surface area (Å²) in [7, 11) is -5.86. The zero-order valence-electron chi connectivity index (χ0n) is 11.4. The Morgan fingerprint density at radius 3 is 1.83 bits per heavy atom. The van der Waals surface area contributed by atoms with Gasteiger partial charge in [-0.25, -0.2) is 0 Å². The lowest BCUT2D eigenvalue weighted by molar-refractivity contribution is -0.219. The van der Waals surface area contributed by atoms with Crippen LogP contribution in [0.4, 0.5) is 13.2 Å². The van der Waals surface area contributed by atoms with Crippen molar-refractivity contribution in [1.29, 1.82) is 0 Å². The molecule has 0 saturated carbocycles. The molecule has 0 atom stereocenters. The van der Waals surface area contributed by atoms with Crippen LogP contribution >= 0.6 is 0 Å². The molecule has 2 aromatic carbocycles. The number of benzene rings is 2. The van der Waals surface area contributed by atoms with Crippen LogP contribution in [0.2, 0.25) is 0 Å². The molecule has 3 rings (SSSR count). The second-order valence-corrected chi connectivity index (χ2v) is 6.55. The number of sulfonamides is 1. The Kier molecular flexibility index (Phi) is 3.44. The molecule has 0 unspecified atom stereocenters. The van der Waals surface area contributed by atoms with Crippen LogP contribution < -0.4 is 5.11 Å². The molecule has 0 aromatic heterocycles. The molecule has 0 fully saturated rings. The van der Waals surface area contributed by atoms with Gasteiger partial charge in [-0.1, -0.05) is 48.5 Å². The second-order valence-electron chi connectivity index (χ2n) is 4.96. The van der Waals surface area contributed by atoms with Gasteiger partial charge in [0.05, 0.1) is 0 Å². The molecule has 0 heterocycles. The summed E-state index contributed by atoms with van der Waals surface area (Å²) in [5.74, 6) is -2.50. The maximum absolute atomic E-state index is 12.4. The zero-order valence-corrected chi connectivity index (χ0v) is 12.2. The average molecular weight is 340 g/mol. The molecule has 0 bridgehead atoms. The Hall–Kier alpha value is -2.35. The molecular formula is C15H9F3NO3S-. The standard InChI is InChI=1S/C15H10F3NO3S/c16-15(17,18)23(21,22)19-14(20)13-11-7-3-1-5-9(11)10-6-2-4-8-12(10)13/h1-8,13H,(H,19,20)/p-1. The van der Waals surface area contributed by atoms with Gasteiger partial charge in [-0.3, -0.25) is 0 Å². The van der Waals surface area contributed by atoms with Gasteiger partial charge in [-0.2, -0.15) is 26.0 Å². The minimum absolute atomic E-state index is 0.444. The van der Waals surface area contributed by atoms with Crippen molar-refractivity contribution >= 4 is 15.9 Å². The van der Waals surface area contributed by atoms with Gasteiger partial charge in [-0.15, -0.1) is 0 Å². The molecule has 23 heavy (non-hydrogen) atoms. The van der Waals surface area contributed by atoms with E-state index in [-0.39, 0.29) is 0 Å². The summed E-state index contributed by atoms with van der Waals surface area (Å²) < 4.78 is 62.0. The van der Waals surface area contributed by atoms with E-state index < -0.39 is 27.3 Å². The first-order valence-electron chi connectivity index (χ1n) is 6.49. The van der Waals surface area contributed by atoms with Crippen molar-refractivity contribution in [2.24, 2.45) is 4.40 Å². The van der Waals surface area contributed by atoms with E-state index in [1.165, 1.54) is 0 Å². The molecule has 0 amide bonds. The first-order valence-corrected chi connectivity index (χ1v) is 7.93. The van der Waals surface area contributed by atoms with Crippen LogP contribution in [-0.4, -0.2) is 19.8 Å². The van der Waals surface area contributed by atoms with E-state index >= 15 is 0 Å². The van der Waals surface area contributed by atoms with Gasteiger partial charge in [0.2, 0.25) is 0 Å². The molecular weight excluding hydrogens is 331 g/mol. The maximum atomic E-state index is 12.4. The predicted octanol–water partition coefficient (Wildman–Crippen LogP) is 2.41. The smallest absolute Gasteiger partial charge is 0.518 e. The minimum atomic E-state index is -5.86. The molecule has 0 spiro atoms. The van der Waals surface area contributed by atoms with Crippen LogP contribution in [0.1, 0.15) is 17.0 Å². The van der Waals surface area contributed by atoms with Gasteiger partial charge in [0.15, 0.2) is 0 Å². The van der Waals surface area contributed by atoms with E-state index in [4.69, 9.17) is 0 Å². The number of rotatable bonds is 2. The second kappa shape index (κ2) is 5.09. The highest BCUT2D eigenvalue weighted by Crippen LogP contribution is 2.44. The Morgan fingerprint density at radius 2 is 1.39 bits per heavy atom. The Labute approximate surface area is 130 Å². The van der Waals surface area contributed by atoms with Gasteiger partial charge in [0, 0.05) is 5.92 Å². The van der Waals surface area contributed by atoms with Crippen LogP contribution in [0.3, 0.4) is 0 Å².